The summed E-state index contributed by atoms with van der Waals surface area (Å²) in [7, 11) is 0. The van der Waals surface area contributed by atoms with Crippen molar-refractivity contribution in [2.24, 2.45) is 0 Å². The van der Waals surface area contributed by atoms with Gasteiger partial charge in [0, 0.05) is 5.38 Å². The number of para-hydroxylation sites is 1. The minimum atomic E-state index is -1.03. The van der Waals surface area contributed by atoms with E-state index in [0.717, 1.165) is 11.3 Å². The lowest BCUT2D eigenvalue weighted by molar-refractivity contribution is 0.0691. The Kier molecular flexibility index (Phi) is 3.78. The first-order chi connectivity index (χ1) is 9.11. The molecule has 19 heavy (non-hydrogen) atoms. The van der Waals surface area contributed by atoms with Crippen LogP contribution in [0.5, 0.6) is 0 Å². The molecule has 0 saturated heterocycles. The molecule has 0 unspecified atom stereocenters. The molecule has 0 radical (unpaired) electrons. The second kappa shape index (κ2) is 5.50. The van der Waals surface area contributed by atoms with Crippen molar-refractivity contribution >= 4 is 23.0 Å². The zero-order chi connectivity index (χ0) is 13.8. The average Bonchev–Trinajstić information content (AvgIpc) is 2.86. The molecule has 2 N–H and O–H groups in total. The van der Waals surface area contributed by atoms with Gasteiger partial charge in [-0.05, 0) is 18.6 Å². The number of nitrogens with one attached hydrogen (secondary N) is 1. The highest BCUT2D eigenvalue weighted by atomic mass is 32.1. The number of thiazole rings is 1. The molecule has 96 valence electrons. The van der Waals surface area contributed by atoms with Crippen molar-refractivity contribution in [3.8, 4) is 6.07 Å². The third kappa shape index (κ3) is 2.89. The number of hydrogen-bond acceptors (Lipinski definition) is 5. The van der Waals surface area contributed by atoms with Crippen molar-refractivity contribution in [3.63, 3.8) is 0 Å². The topological polar surface area (TPSA) is 86.0 Å². The second-order valence-corrected chi connectivity index (χ2v) is 4.84. The van der Waals surface area contributed by atoms with Gasteiger partial charge in [-0.25, -0.2) is 9.78 Å². The van der Waals surface area contributed by atoms with Crippen LogP contribution in [-0.2, 0) is 6.54 Å². The zero-order valence-electron chi connectivity index (χ0n) is 10.2. The Balaban J connectivity index is 2.14. The number of anilines is 1. The van der Waals surface area contributed by atoms with Gasteiger partial charge in [0.2, 0.25) is 0 Å². The van der Waals surface area contributed by atoms with E-state index in [1.54, 1.807) is 6.07 Å². The number of carboxylic acids is 1. The van der Waals surface area contributed by atoms with Crippen LogP contribution in [0.4, 0.5) is 5.69 Å². The van der Waals surface area contributed by atoms with Crippen LogP contribution in [0.25, 0.3) is 0 Å². The molecule has 6 heteroatoms. The molecule has 2 rings (SSSR count). The summed E-state index contributed by atoms with van der Waals surface area (Å²) in [6.07, 6.45) is 0. The van der Waals surface area contributed by atoms with Gasteiger partial charge in [0.25, 0.3) is 0 Å². The third-order valence-corrected chi connectivity index (χ3v) is 3.43. The van der Waals surface area contributed by atoms with Crippen molar-refractivity contribution in [1.82, 2.24) is 4.98 Å². The molecule has 0 amide bonds. The van der Waals surface area contributed by atoms with E-state index in [-0.39, 0.29) is 5.69 Å². The maximum atomic E-state index is 10.7. The zero-order valence-corrected chi connectivity index (χ0v) is 11.0. The van der Waals surface area contributed by atoms with E-state index in [0.29, 0.717) is 17.1 Å². The summed E-state index contributed by atoms with van der Waals surface area (Å²) in [5, 5.41) is 23.1. The predicted molar refractivity (Wildman–Crippen MR) is 72.3 cm³/mol. The van der Waals surface area contributed by atoms with Gasteiger partial charge in [0.15, 0.2) is 5.69 Å². The number of nitrogens with zero attached hydrogens (tertiary/aromatic N) is 2. The lowest BCUT2D eigenvalue weighted by atomic mass is 10.1. The molecule has 2 aromatic rings. The van der Waals surface area contributed by atoms with Crippen LogP contribution in [0.1, 0.15) is 26.6 Å². The summed E-state index contributed by atoms with van der Waals surface area (Å²) in [5.41, 5.74) is 2.34. The molecule has 0 aliphatic heterocycles. The molecule has 0 spiro atoms. The Labute approximate surface area is 114 Å². The van der Waals surface area contributed by atoms with Gasteiger partial charge in [-0.2, -0.15) is 5.26 Å². The highest BCUT2D eigenvalue weighted by Crippen LogP contribution is 2.21. The van der Waals surface area contributed by atoms with E-state index in [4.69, 9.17) is 10.4 Å². The Morgan fingerprint density at radius 1 is 1.58 bits per heavy atom. The van der Waals surface area contributed by atoms with Gasteiger partial charge in [-0.15, -0.1) is 11.3 Å². The molecular formula is C13H11N3O2S. The number of carbonyl (C=O) groups is 1. The van der Waals surface area contributed by atoms with E-state index in [9.17, 15) is 4.79 Å². The second-order valence-electron chi connectivity index (χ2n) is 3.89. The first-order valence-corrected chi connectivity index (χ1v) is 6.41. The molecule has 0 atom stereocenters. The fraction of sp³-hybridized carbons (Fsp3) is 0.154. The van der Waals surface area contributed by atoms with E-state index < -0.39 is 5.97 Å². The number of aromatic nitrogens is 1. The van der Waals surface area contributed by atoms with Crippen LogP contribution in [-0.4, -0.2) is 16.1 Å². The van der Waals surface area contributed by atoms with Crippen molar-refractivity contribution in [3.05, 3.63) is 45.4 Å². The SMILES string of the molecule is Cc1cccc(C#N)c1NCc1nc(C(=O)O)cs1. The van der Waals surface area contributed by atoms with Crippen molar-refractivity contribution in [1.29, 1.82) is 5.26 Å². The highest BCUT2D eigenvalue weighted by Gasteiger charge is 2.10. The highest BCUT2D eigenvalue weighted by molar-refractivity contribution is 7.09. The van der Waals surface area contributed by atoms with Crippen LogP contribution in [0.2, 0.25) is 0 Å². The molecular weight excluding hydrogens is 262 g/mol. The monoisotopic (exact) mass is 273 g/mol. The Hall–Kier alpha value is -2.39. The minimum Gasteiger partial charge on any atom is -0.476 e. The Bertz CT molecular complexity index is 658. The summed E-state index contributed by atoms with van der Waals surface area (Å²) in [4.78, 5) is 14.7. The van der Waals surface area contributed by atoms with E-state index in [1.807, 2.05) is 19.1 Å². The summed E-state index contributed by atoms with van der Waals surface area (Å²) < 4.78 is 0. The maximum Gasteiger partial charge on any atom is 0.355 e. The fourth-order valence-corrected chi connectivity index (χ4v) is 2.36. The average molecular weight is 273 g/mol. The molecule has 0 aliphatic rings. The molecule has 0 saturated carbocycles. The fourth-order valence-electron chi connectivity index (χ4n) is 1.65. The maximum absolute atomic E-state index is 10.7. The van der Waals surface area contributed by atoms with Crippen LogP contribution >= 0.6 is 11.3 Å². The number of hydrogen-bond donors (Lipinski definition) is 2. The third-order valence-electron chi connectivity index (χ3n) is 2.58. The molecule has 5 nitrogen and oxygen atoms in total. The van der Waals surface area contributed by atoms with Gasteiger partial charge in [-0.3, -0.25) is 0 Å². The number of rotatable bonds is 4. The van der Waals surface area contributed by atoms with Gasteiger partial charge in [0.05, 0.1) is 17.8 Å². The molecule has 0 bridgehead atoms. The van der Waals surface area contributed by atoms with Crippen LogP contribution in [0, 0.1) is 18.3 Å². The van der Waals surface area contributed by atoms with Crippen LogP contribution in [0.15, 0.2) is 23.6 Å². The van der Waals surface area contributed by atoms with Crippen molar-refractivity contribution in [2.45, 2.75) is 13.5 Å². The van der Waals surface area contributed by atoms with Crippen LogP contribution in [0.3, 0.4) is 0 Å². The Morgan fingerprint density at radius 2 is 2.37 bits per heavy atom. The van der Waals surface area contributed by atoms with Gasteiger partial charge < -0.3 is 10.4 Å². The lowest BCUT2D eigenvalue weighted by Crippen LogP contribution is -2.04. The minimum absolute atomic E-state index is 0.0482. The molecule has 0 aliphatic carbocycles. The first kappa shape index (κ1) is 13.1. The largest absolute Gasteiger partial charge is 0.476 e. The molecule has 1 aromatic heterocycles. The predicted octanol–water partition coefficient (Wildman–Crippen LogP) is 2.63. The van der Waals surface area contributed by atoms with Crippen LogP contribution < -0.4 is 5.32 Å². The smallest absolute Gasteiger partial charge is 0.355 e. The molecule has 1 aromatic carbocycles. The standard InChI is InChI=1S/C13H11N3O2S/c1-8-3-2-4-9(5-14)12(8)15-6-11-16-10(7-19-11)13(17)18/h2-4,7,15H,6H2,1H3,(H,17,18). The van der Waals surface area contributed by atoms with Gasteiger partial charge in [-0.1, -0.05) is 12.1 Å². The summed E-state index contributed by atoms with van der Waals surface area (Å²) in [6, 6.07) is 7.59. The summed E-state index contributed by atoms with van der Waals surface area (Å²) in [6.45, 7) is 2.31. The summed E-state index contributed by atoms with van der Waals surface area (Å²) >= 11 is 1.28. The lowest BCUT2D eigenvalue weighted by Gasteiger charge is -2.09. The molecule has 1 heterocycles. The number of carboxylic acid groups (broad SMARTS) is 1. The quantitative estimate of drug-likeness (QED) is 0.894. The van der Waals surface area contributed by atoms with E-state index in [2.05, 4.69) is 16.4 Å². The Morgan fingerprint density at radius 3 is 3.00 bits per heavy atom. The van der Waals surface area contributed by atoms with Crippen molar-refractivity contribution in [2.75, 3.05) is 5.32 Å². The molecule has 0 fully saturated rings. The summed E-state index contributed by atoms with van der Waals surface area (Å²) in [5.74, 6) is -1.03. The number of benzene rings is 1. The van der Waals surface area contributed by atoms with Crippen molar-refractivity contribution < 1.29 is 9.90 Å². The van der Waals surface area contributed by atoms with Gasteiger partial charge in [0.1, 0.15) is 11.1 Å². The number of nitriles is 1. The van der Waals surface area contributed by atoms with E-state index >= 15 is 0 Å². The first-order valence-electron chi connectivity index (χ1n) is 5.53. The van der Waals surface area contributed by atoms with E-state index in [1.165, 1.54) is 16.7 Å². The number of aromatic carboxylic acids is 1. The number of aryl methyl sites for hydroxylation is 1. The normalized spacial score (nSPS) is 9.89. The van der Waals surface area contributed by atoms with Gasteiger partial charge >= 0.3 is 5.97 Å².